The van der Waals surface area contributed by atoms with Crippen molar-refractivity contribution in [2.45, 2.75) is 13.3 Å². The van der Waals surface area contributed by atoms with Crippen molar-refractivity contribution in [2.75, 3.05) is 0 Å². The Kier molecular flexibility index (Phi) is 3.59. The van der Waals surface area contributed by atoms with Crippen molar-refractivity contribution in [1.82, 2.24) is 0 Å². The molecule has 1 aliphatic rings. The molecule has 0 spiro atoms. The number of Topliss-reactive ketones (excluding diaryl/α,β-unsaturated/α-hetero) is 1. The number of rotatable bonds is 2. The number of hydrogen-bond donors (Lipinski definition) is 1. The van der Waals surface area contributed by atoms with Crippen LogP contribution in [-0.4, -0.2) is 10.9 Å². The van der Waals surface area contributed by atoms with Gasteiger partial charge in [0.1, 0.15) is 11.6 Å². The Hall–Kier alpha value is -1.13. The van der Waals surface area contributed by atoms with Crippen molar-refractivity contribution in [3.05, 3.63) is 50.2 Å². The molecule has 2 nitrogen and oxygen atoms in total. The normalized spacial score (nSPS) is 15.0. The summed E-state index contributed by atoms with van der Waals surface area (Å²) < 4.78 is 13.5. The van der Waals surface area contributed by atoms with Gasteiger partial charge in [-0.3, -0.25) is 4.79 Å². The fourth-order valence-corrected chi connectivity index (χ4v) is 2.45. The van der Waals surface area contributed by atoms with Crippen LogP contribution in [0.4, 0.5) is 4.39 Å². The molecule has 2 rings (SSSR count). The van der Waals surface area contributed by atoms with E-state index >= 15 is 0 Å². The van der Waals surface area contributed by atoms with Gasteiger partial charge in [0.25, 0.3) is 0 Å². The molecule has 0 fully saturated rings. The molecule has 0 atom stereocenters. The largest absolute Gasteiger partial charge is 0.507 e. The average Bonchev–Trinajstić information content (AvgIpc) is 2.63. The van der Waals surface area contributed by atoms with Crippen molar-refractivity contribution >= 4 is 33.3 Å². The highest BCUT2D eigenvalue weighted by Gasteiger charge is 2.23. The molecule has 0 amide bonds. The molecule has 18 heavy (non-hydrogen) atoms. The third-order valence-electron chi connectivity index (χ3n) is 2.71. The third kappa shape index (κ3) is 2.35. The van der Waals surface area contributed by atoms with Gasteiger partial charge in [0, 0.05) is 21.5 Å². The van der Waals surface area contributed by atoms with E-state index in [9.17, 15) is 14.3 Å². The van der Waals surface area contributed by atoms with Crippen molar-refractivity contribution in [3.8, 4) is 5.75 Å². The molecule has 5 heteroatoms. The number of phenols is 1. The second-order valence-electron chi connectivity index (χ2n) is 4.05. The maximum Gasteiger partial charge on any atom is 0.193 e. The Morgan fingerprint density at radius 3 is 2.72 bits per heavy atom. The van der Waals surface area contributed by atoms with Crippen LogP contribution in [0.3, 0.4) is 0 Å². The van der Waals surface area contributed by atoms with Gasteiger partial charge < -0.3 is 5.11 Å². The van der Waals surface area contributed by atoms with Gasteiger partial charge in [-0.1, -0.05) is 11.6 Å². The fraction of sp³-hybridized carbons (Fsp3) is 0.154. The molecule has 94 valence electrons. The molecule has 0 unspecified atom stereocenters. The topological polar surface area (TPSA) is 37.3 Å². The summed E-state index contributed by atoms with van der Waals surface area (Å²) in [5.41, 5.74) is 0.898. The summed E-state index contributed by atoms with van der Waals surface area (Å²) in [5.74, 6) is -0.923. The third-order valence-corrected chi connectivity index (χ3v) is 3.58. The smallest absolute Gasteiger partial charge is 0.193 e. The predicted molar refractivity (Wildman–Crippen MR) is 71.9 cm³/mol. The Balaban J connectivity index is 2.40. The van der Waals surface area contributed by atoms with Crippen LogP contribution in [0.2, 0.25) is 5.02 Å². The van der Waals surface area contributed by atoms with Gasteiger partial charge in [0.15, 0.2) is 5.78 Å². The van der Waals surface area contributed by atoms with E-state index in [1.54, 1.807) is 13.0 Å². The molecule has 0 radical (unpaired) electrons. The number of allylic oxidation sites excluding steroid dienone is 4. The summed E-state index contributed by atoms with van der Waals surface area (Å²) in [5, 5.41) is 10.2. The van der Waals surface area contributed by atoms with E-state index in [4.69, 9.17) is 11.6 Å². The first kappa shape index (κ1) is 13.3. The van der Waals surface area contributed by atoms with Crippen molar-refractivity contribution in [3.63, 3.8) is 0 Å². The molecule has 1 N–H and O–H groups in total. The predicted octanol–water partition coefficient (Wildman–Crippen LogP) is 4.44. The molecule has 0 aromatic heterocycles. The lowest BCUT2D eigenvalue weighted by atomic mass is 9.99. The highest BCUT2D eigenvalue weighted by molar-refractivity contribution is 9.11. The molecule has 0 bridgehead atoms. The molecule has 1 aromatic carbocycles. The van der Waals surface area contributed by atoms with Crippen LogP contribution in [-0.2, 0) is 0 Å². The molecule has 1 aromatic rings. The van der Waals surface area contributed by atoms with Gasteiger partial charge in [-0.15, -0.1) is 0 Å². The first-order valence-electron chi connectivity index (χ1n) is 5.18. The maximum absolute atomic E-state index is 13.2. The Bertz CT molecular complexity index is 605. The average molecular weight is 332 g/mol. The molecule has 0 saturated carbocycles. The number of carbonyl (C=O) groups is 1. The number of ketones is 1. The number of carbonyl (C=O) groups excluding carboxylic acids is 1. The molecule has 0 aliphatic heterocycles. The SMILES string of the molecule is Cc1cc(Cl)cc(C(=O)C2=CC(Br)=C(F)C2)c1O. The minimum atomic E-state index is -0.414. The summed E-state index contributed by atoms with van der Waals surface area (Å²) >= 11 is 8.87. The lowest BCUT2D eigenvalue weighted by molar-refractivity contribution is 0.102. The Labute approximate surface area is 117 Å². The number of phenolic OH excluding ortho intramolecular Hbond substituents is 1. The van der Waals surface area contributed by atoms with Gasteiger partial charge in [-0.05, 0) is 46.6 Å². The van der Waals surface area contributed by atoms with Crippen LogP contribution < -0.4 is 0 Å². The summed E-state index contributed by atoms with van der Waals surface area (Å²) in [7, 11) is 0. The molecule has 0 heterocycles. The minimum absolute atomic E-state index is 0.0651. The van der Waals surface area contributed by atoms with E-state index in [0.29, 0.717) is 10.6 Å². The lowest BCUT2D eigenvalue weighted by Crippen LogP contribution is -2.03. The van der Waals surface area contributed by atoms with Crippen LogP contribution in [0, 0.1) is 6.92 Å². The van der Waals surface area contributed by atoms with E-state index in [-0.39, 0.29) is 27.8 Å². The van der Waals surface area contributed by atoms with Crippen molar-refractivity contribution < 1.29 is 14.3 Å². The summed E-state index contributed by atoms with van der Waals surface area (Å²) in [4.78, 5) is 12.2. The molecule has 0 saturated heterocycles. The summed E-state index contributed by atoms with van der Waals surface area (Å²) in [6.07, 6.45) is 1.36. The zero-order valence-corrected chi connectivity index (χ0v) is 11.8. The lowest BCUT2D eigenvalue weighted by Gasteiger charge is -2.08. The number of halogens is 3. The van der Waals surface area contributed by atoms with Crippen LogP contribution in [0.15, 0.2) is 34.1 Å². The fourth-order valence-electron chi connectivity index (χ4n) is 1.76. The second-order valence-corrected chi connectivity index (χ2v) is 5.34. The highest BCUT2D eigenvalue weighted by Crippen LogP contribution is 2.35. The number of hydrogen-bond acceptors (Lipinski definition) is 2. The zero-order valence-electron chi connectivity index (χ0n) is 9.43. The van der Waals surface area contributed by atoms with Crippen LogP contribution in [0.1, 0.15) is 22.3 Å². The van der Waals surface area contributed by atoms with Gasteiger partial charge in [-0.2, -0.15) is 0 Å². The molecular formula is C13H9BrClFO2. The zero-order chi connectivity index (χ0) is 13.4. The van der Waals surface area contributed by atoms with Gasteiger partial charge in [0.05, 0.1) is 5.56 Å². The summed E-state index contributed by atoms with van der Waals surface area (Å²) in [6, 6.07) is 2.95. The Morgan fingerprint density at radius 1 is 1.50 bits per heavy atom. The van der Waals surface area contributed by atoms with Gasteiger partial charge >= 0.3 is 0 Å². The van der Waals surface area contributed by atoms with E-state index in [2.05, 4.69) is 15.9 Å². The monoisotopic (exact) mass is 330 g/mol. The standard InChI is InChI=1S/C13H9BrClFO2/c1-6-2-8(15)5-9(12(6)17)13(18)7-3-10(14)11(16)4-7/h2-3,5,17H,4H2,1H3. The highest BCUT2D eigenvalue weighted by atomic mass is 79.9. The second kappa shape index (κ2) is 4.86. The number of aryl methyl sites for hydroxylation is 1. The Morgan fingerprint density at radius 2 is 2.17 bits per heavy atom. The van der Waals surface area contributed by atoms with E-state index in [0.717, 1.165) is 0 Å². The van der Waals surface area contributed by atoms with Crippen molar-refractivity contribution in [1.29, 1.82) is 0 Å². The number of aromatic hydroxyl groups is 1. The van der Waals surface area contributed by atoms with Gasteiger partial charge in [-0.25, -0.2) is 4.39 Å². The molecular weight excluding hydrogens is 322 g/mol. The van der Waals surface area contributed by atoms with Crippen LogP contribution in [0.25, 0.3) is 0 Å². The van der Waals surface area contributed by atoms with E-state index in [1.165, 1.54) is 12.1 Å². The maximum atomic E-state index is 13.2. The van der Waals surface area contributed by atoms with E-state index in [1.807, 2.05) is 0 Å². The minimum Gasteiger partial charge on any atom is -0.507 e. The first-order chi connectivity index (χ1) is 8.40. The van der Waals surface area contributed by atoms with Crippen LogP contribution >= 0.6 is 27.5 Å². The quantitative estimate of drug-likeness (QED) is 0.813. The first-order valence-corrected chi connectivity index (χ1v) is 6.35. The number of benzene rings is 1. The van der Waals surface area contributed by atoms with Gasteiger partial charge in [0.2, 0.25) is 0 Å². The summed E-state index contributed by atoms with van der Waals surface area (Å²) in [6.45, 7) is 1.65. The van der Waals surface area contributed by atoms with Crippen LogP contribution in [0.5, 0.6) is 5.75 Å². The van der Waals surface area contributed by atoms with E-state index < -0.39 is 11.6 Å². The van der Waals surface area contributed by atoms with Crippen molar-refractivity contribution in [2.24, 2.45) is 0 Å². The molecule has 1 aliphatic carbocycles.